The summed E-state index contributed by atoms with van der Waals surface area (Å²) in [6.07, 6.45) is 4.65. The number of carbonyl (C=O) groups is 3. The van der Waals surface area contributed by atoms with Gasteiger partial charge in [0.05, 0.1) is 17.5 Å². The van der Waals surface area contributed by atoms with Gasteiger partial charge < -0.3 is 25.4 Å². The lowest BCUT2D eigenvalue weighted by Crippen LogP contribution is -2.45. The lowest BCUT2D eigenvalue weighted by atomic mass is 10.00. The van der Waals surface area contributed by atoms with Crippen molar-refractivity contribution in [2.45, 2.75) is 97.3 Å². The van der Waals surface area contributed by atoms with Crippen LogP contribution in [0.4, 0.5) is 10.5 Å². The fourth-order valence-electron chi connectivity index (χ4n) is 4.10. The standard InChI is InChI=1S/C32H45N9O5/c1-30(2,3)46-29(44)34-19-16-32(6,7)45-20-17-31(4,5)37-26(43)13-10-12-25(42)36-22-14-15-24(35-21-22)28-40-38-27(39-41-28)23-11-8-9-18-33-23/h8-9,11,14-15,18,21H,10,12-13,16-17,19-20H2,1-7H3,(H,34,44)(H,36,42)(H,37,43). The van der Waals surface area contributed by atoms with Crippen molar-refractivity contribution in [2.75, 3.05) is 18.5 Å². The minimum absolute atomic E-state index is 0.138. The molecular formula is C32H45N9O5. The zero-order chi connectivity index (χ0) is 33.8. The molecule has 0 aliphatic carbocycles. The summed E-state index contributed by atoms with van der Waals surface area (Å²) in [5.41, 5.74) is 0.0168. The minimum Gasteiger partial charge on any atom is -0.444 e. The van der Waals surface area contributed by atoms with E-state index in [-0.39, 0.29) is 30.5 Å². The summed E-state index contributed by atoms with van der Waals surface area (Å²) < 4.78 is 11.3. The number of rotatable bonds is 15. The zero-order valence-electron chi connectivity index (χ0n) is 27.7. The number of alkyl carbamates (subject to hydrolysis) is 1. The van der Waals surface area contributed by atoms with E-state index in [0.29, 0.717) is 55.3 Å². The molecule has 0 radical (unpaired) electrons. The average Bonchev–Trinajstić information content (AvgIpc) is 2.96. The summed E-state index contributed by atoms with van der Waals surface area (Å²) in [6.45, 7) is 14.1. The Morgan fingerprint density at radius 3 is 2.02 bits per heavy atom. The highest BCUT2D eigenvalue weighted by atomic mass is 16.6. The molecule has 0 fully saturated rings. The van der Waals surface area contributed by atoms with Gasteiger partial charge >= 0.3 is 6.09 Å². The molecule has 0 atom stereocenters. The van der Waals surface area contributed by atoms with Gasteiger partial charge in [0, 0.05) is 37.7 Å². The molecule has 3 amide bonds. The fourth-order valence-corrected chi connectivity index (χ4v) is 4.10. The number of nitrogens with zero attached hydrogens (tertiary/aromatic N) is 6. The van der Waals surface area contributed by atoms with Crippen LogP contribution in [0.5, 0.6) is 0 Å². The number of hydrogen-bond acceptors (Lipinski definition) is 11. The van der Waals surface area contributed by atoms with E-state index in [2.05, 4.69) is 46.3 Å². The van der Waals surface area contributed by atoms with Crippen molar-refractivity contribution in [3.05, 3.63) is 42.7 Å². The van der Waals surface area contributed by atoms with Crippen LogP contribution in [-0.2, 0) is 19.1 Å². The maximum Gasteiger partial charge on any atom is 0.407 e. The lowest BCUT2D eigenvalue weighted by Gasteiger charge is -2.30. The largest absolute Gasteiger partial charge is 0.444 e. The average molecular weight is 636 g/mol. The molecule has 3 heterocycles. The highest BCUT2D eigenvalue weighted by Crippen LogP contribution is 2.18. The molecule has 14 nitrogen and oxygen atoms in total. The molecule has 0 aromatic carbocycles. The molecule has 46 heavy (non-hydrogen) atoms. The van der Waals surface area contributed by atoms with Crippen LogP contribution >= 0.6 is 0 Å². The van der Waals surface area contributed by atoms with E-state index in [1.165, 1.54) is 6.20 Å². The number of pyridine rings is 2. The lowest BCUT2D eigenvalue weighted by molar-refractivity contribution is -0.123. The van der Waals surface area contributed by atoms with E-state index in [1.54, 1.807) is 30.5 Å². The maximum absolute atomic E-state index is 12.6. The first-order valence-corrected chi connectivity index (χ1v) is 15.3. The Morgan fingerprint density at radius 1 is 0.783 bits per heavy atom. The van der Waals surface area contributed by atoms with Gasteiger partial charge in [0.1, 0.15) is 17.0 Å². The van der Waals surface area contributed by atoms with Crippen LogP contribution < -0.4 is 16.0 Å². The van der Waals surface area contributed by atoms with Crippen LogP contribution in [0.25, 0.3) is 23.0 Å². The molecule has 14 heteroatoms. The summed E-state index contributed by atoms with van der Waals surface area (Å²) >= 11 is 0. The van der Waals surface area contributed by atoms with Gasteiger partial charge in [-0.1, -0.05) is 6.07 Å². The molecule has 0 bridgehead atoms. The van der Waals surface area contributed by atoms with Gasteiger partial charge in [0.25, 0.3) is 0 Å². The van der Waals surface area contributed by atoms with E-state index < -0.39 is 22.8 Å². The van der Waals surface area contributed by atoms with Gasteiger partial charge in [0.2, 0.25) is 23.5 Å². The first-order valence-electron chi connectivity index (χ1n) is 15.3. The number of amides is 3. The molecule has 248 valence electrons. The number of aromatic nitrogens is 6. The van der Waals surface area contributed by atoms with Crippen molar-refractivity contribution in [1.29, 1.82) is 0 Å². The third-order valence-corrected chi connectivity index (χ3v) is 6.55. The quantitative estimate of drug-likeness (QED) is 0.214. The Morgan fingerprint density at radius 2 is 1.43 bits per heavy atom. The second kappa shape index (κ2) is 16.1. The summed E-state index contributed by atoms with van der Waals surface area (Å²) in [7, 11) is 0. The summed E-state index contributed by atoms with van der Waals surface area (Å²) in [5.74, 6) is 0.190. The summed E-state index contributed by atoms with van der Waals surface area (Å²) in [6, 6.07) is 8.73. The summed E-state index contributed by atoms with van der Waals surface area (Å²) in [4.78, 5) is 45.3. The number of ether oxygens (including phenoxy) is 2. The van der Waals surface area contributed by atoms with Crippen molar-refractivity contribution < 1.29 is 23.9 Å². The number of anilines is 1. The monoisotopic (exact) mass is 635 g/mol. The Bertz CT molecular complexity index is 1430. The van der Waals surface area contributed by atoms with Crippen LogP contribution in [0.2, 0.25) is 0 Å². The molecule has 3 aromatic heterocycles. The van der Waals surface area contributed by atoms with Crippen LogP contribution in [-0.4, -0.2) is 78.2 Å². The van der Waals surface area contributed by atoms with E-state index in [4.69, 9.17) is 9.47 Å². The topological polar surface area (TPSA) is 183 Å². The third kappa shape index (κ3) is 13.2. The Kier molecular flexibility index (Phi) is 12.6. The molecule has 0 aliphatic rings. The Labute approximate surface area is 269 Å². The van der Waals surface area contributed by atoms with Crippen LogP contribution in [0.3, 0.4) is 0 Å². The third-order valence-electron chi connectivity index (χ3n) is 6.55. The fraction of sp³-hybridized carbons (Fsp3) is 0.531. The highest BCUT2D eigenvalue weighted by molar-refractivity contribution is 5.91. The highest BCUT2D eigenvalue weighted by Gasteiger charge is 2.24. The van der Waals surface area contributed by atoms with Crippen LogP contribution in [0, 0.1) is 0 Å². The number of carbonyl (C=O) groups excluding carboxylic acids is 3. The normalized spacial score (nSPS) is 11.9. The van der Waals surface area contributed by atoms with E-state index in [0.717, 1.165) is 0 Å². The maximum atomic E-state index is 12.6. The molecule has 0 saturated carbocycles. The molecule has 3 rings (SSSR count). The molecular weight excluding hydrogens is 590 g/mol. The predicted octanol–water partition coefficient (Wildman–Crippen LogP) is 4.49. The van der Waals surface area contributed by atoms with Crippen molar-refractivity contribution in [3.8, 4) is 23.0 Å². The molecule has 3 aromatic rings. The molecule has 0 unspecified atom stereocenters. The Balaban J connectivity index is 1.33. The van der Waals surface area contributed by atoms with E-state index >= 15 is 0 Å². The molecule has 3 N–H and O–H groups in total. The van der Waals surface area contributed by atoms with Gasteiger partial charge in [-0.15, -0.1) is 20.4 Å². The van der Waals surface area contributed by atoms with Crippen molar-refractivity contribution >= 4 is 23.6 Å². The van der Waals surface area contributed by atoms with Crippen LogP contribution in [0.15, 0.2) is 42.7 Å². The van der Waals surface area contributed by atoms with Crippen molar-refractivity contribution in [3.63, 3.8) is 0 Å². The van der Waals surface area contributed by atoms with Gasteiger partial charge in [-0.3, -0.25) is 19.6 Å². The smallest absolute Gasteiger partial charge is 0.407 e. The summed E-state index contributed by atoms with van der Waals surface area (Å²) in [5, 5.41) is 24.8. The van der Waals surface area contributed by atoms with Crippen molar-refractivity contribution in [2.24, 2.45) is 0 Å². The van der Waals surface area contributed by atoms with Gasteiger partial charge in [-0.2, -0.15) is 0 Å². The van der Waals surface area contributed by atoms with Gasteiger partial charge in [-0.05, 0) is 92.0 Å². The van der Waals surface area contributed by atoms with Gasteiger partial charge in [-0.25, -0.2) is 4.79 Å². The zero-order valence-corrected chi connectivity index (χ0v) is 27.7. The Hall–Kier alpha value is -4.59. The van der Waals surface area contributed by atoms with Crippen LogP contribution in [0.1, 0.15) is 80.6 Å². The van der Waals surface area contributed by atoms with E-state index in [1.807, 2.05) is 54.5 Å². The predicted molar refractivity (Wildman–Crippen MR) is 172 cm³/mol. The van der Waals surface area contributed by atoms with Crippen molar-refractivity contribution in [1.82, 2.24) is 41.0 Å². The molecule has 0 aliphatic heterocycles. The minimum atomic E-state index is -0.548. The SMILES string of the molecule is CC(C)(CCOC(C)(C)CCNC(=O)OC(C)(C)C)NC(=O)CCCC(=O)Nc1ccc(-c2nnc(-c3ccccn3)nn2)nc1. The number of nitrogens with one attached hydrogen (secondary N) is 3. The molecule has 0 spiro atoms. The first kappa shape index (κ1) is 35.9. The first-order chi connectivity index (χ1) is 21.6. The molecule has 0 saturated heterocycles. The number of hydrogen-bond donors (Lipinski definition) is 3. The second-order valence-electron chi connectivity index (χ2n) is 13.1. The van der Waals surface area contributed by atoms with Gasteiger partial charge in [0.15, 0.2) is 0 Å². The second-order valence-corrected chi connectivity index (χ2v) is 13.1. The van der Waals surface area contributed by atoms with E-state index in [9.17, 15) is 14.4 Å².